The monoisotopic (exact) mass is 276 g/mol. The lowest BCUT2D eigenvalue weighted by molar-refractivity contribution is -0.150. The summed E-state index contributed by atoms with van der Waals surface area (Å²) in [6.07, 6.45) is -5.18. The number of amides is 1. The highest BCUT2D eigenvalue weighted by molar-refractivity contribution is 5.93. The molecule has 0 atom stereocenters. The molecule has 0 unspecified atom stereocenters. The van der Waals surface area contributed by atoms with Gasteiger partial charge in [0.25, 0.3) is 0 Å². The Kier molecular flexibility index (Phi) is 4.87. The Hall–Kier alpha value is -2.09. The van der Waals surface area contributed by atoms with E-state index in [1.54, 1.807) is 0 Å². The molecular weight excluding hydrogens is 265 g/mol. The number of benzene rings is 1. The number of hydrogen-bond donors (Lipinski definition) is 3. The Morgan fingerprint density at radius 1 is 1.42 bits per heavy atom. The van der Waals surface area contributed by atoms with E-state index < -0.39 is 25.1 Å². The molecule has 1 aromatic rings. The molecule has 1 amide bonds. The average Bonchev–Trinajstić information content (AvgIpc) is 2.27. The fraction of sp³-hybridized carbons (Fsp3) is 0.273. The minimum atomic E-state index is -4.60. The van der Waals surface area contributed by atoms with Crippen LogP contribution in [0.5, 0.6) is 0 Å². The van der Waals surface area contributed by atoms with Crippen LogP contribution in [0.25, 0.3) is 0 Å². The Morgan fingerprint density at radius 2 is 2.11 bits per heavy atom. The van der Waals surface area contributed by atoms with Crippen molar-refractivity contribution in [1.82, 2.24) is 0 Å². The van der Waals surface area contributed by atoms with Crippen LogP contribution in [0.1, 0.15) is 17.5 Å². The van der Waals surface area contributed by atoms with E-state index in [0.29, 0.717) is 5.56 Å². The summed E-state index contributed by atoms with van der Waals surface area (Å²) in [6.45, 7) is -0.446. The van der Waals surface area contributed by atoms with Crippen molar-refractivity contribution in [1.29, 1.82) is 0 Å². The van der Waals surface area contributed by atoms with Crippen LogP contribution in [0.4, 0.5) is 18.9 Å². The van der Waals surface area contributed by atoms with Gasteiger partial charge in [0.1, 0.15) is 6.42 Å². The first kappa shape index (κ1) is 15.0. The molecule has 0 saturated heterocycles. The summed E-state index contributed by atoms with van der Waals surface area (Å²) < 4.78 is 36.1. The minimum Gasteiger partial charge on any atom is -0.411 e. The third kappa shape index (κ3) is 4.96. The Morgan fingerprint density at radius 3 is 2.63 bits per heavy atom. The van der Waals surface area contributed by atoms with E-state index in [1.807, 2.05) is 0 Å². The zero-order valence-electron chi connectivity index (χ0n) is 9.61. The molecule has 0 aliphatic carbocycles. The van der Waals surface area contributed by atoms with Gasteiger partial charge < -0.3 is 15.6 Å². The predicted molar refractivity (Wildman–Crippen MR) is 61.0 cm³/mol. The van der Waals surface area contributed by atoms with Crippen molar-refractivity contribution in [2.45, 2.75) is 19.2 Å². The van der Waals surface area contributed by atoms with Crippen molar-refractivity contribution < 1.29 is 28.3 Å². The van der Waals surface area contributed by atoms with E-state index in [4.69, 9.17) is 10.3 Å². The third-order valence-corrected chi connectivity index (χ3v) is 2.15. The van der Waals surface area contributed by atoms with Gasteiger partial charge in [-0.2, -0.15) is 13.2 Å². The molecule has 5 nitrogen and oxygen atoms in total. The summed E-state index contributed by atoms with van der Waals surface area (Å²) in [7, 11) is 0. The van der Waals surface area contributed by atoms with Gasteiger partial charge in [-0.15, -0.1) is 0 Å². The summed E-state index contributed by atoms with van der Waals surface area (Å²) in [5.41, 5.74) is 0.654. The number of carbonyl (C=O) groups is 1. The molecule has 8 heteroatoms. The summed E-state index contributed by atoms with van der Waals surface area (Å²) in [4.78, 5) is 11.2. The standard InChI is InChI=1S/C11H11F3N2O3/c12-11(13,14)4-10(18)16-9-3-7(5-15-19)1-2-8(9)6-17/h1-3,5,17,19H,4,6H2,(H,16,18)/b15-5+. The van der Waals surface area contributed by atoms with Crippen LogP contribution >= 0.6 is 0 Å². The van der Waals surface area contributed by atoms with E-state index in [9.17, 15) is 18.0 Å². The molecule has 19 heavy (non-hydrogen) atoms. The number of anilines is 1. The second kappa shape index (κ2) is 6.19. The molecule has 0 aliphatic rings. The number of aliphatic hydroxyl groups excluding tert-OH is 1. The van der Waals surface area contributed by atoms with E-state index in [0.717, 1.165) is 6.21 Å². The van der Waals surface area contributed by atoms with Crippen molar-refractivity contribution >= 4 is 17.8 Å². The maximum absolute atomic E-state index is 12.0. The average molecular weight is 276 g/mol. The summed E-state index contributed by atoms with van der Waals surface area (Å²) in [5, 5.41) is 22.2. The van der Waals surface area contributed by atoms with Gasteiger partial charge >= 0.3 is 6.18 Å². The van der Waals surface area contributed by atoms with Crippen LogP contribution in [0.15, 0.2) is 23.4 Å². The number of aliphatic hydroxyl groups is 1. The summed E-state index contributed by atoms with van der Waals surface area (Å²) >= 11 is 0. The highest BCUT2D eigenvalue weighted by Gasteiger charge is 2.31. The van der Waals surface area contributed by atoms with Gasteiger partial charge in [-0.3, -0.25) is 4.79 Å². The van der Waals surface area contributed by atoms with E-state index in [2.05, 4.69) is 10.5 Å². The summed E-state index contributed by atoms with van der Waals surface area (Å²) in [5.74, 6) is -1.24. The van der Waals surface area contributed by atoms with Crippen LogP contribution in [-0.4, -0.2) is 28.6 Å². The zero-order valence-corrected chi connectivity index (χ0v) is 9.61. The lowest BCUT2D eigenvalue weighted by Gasteiger charge is -2.11. The number of carbonyl (C=O) groups excluding carboxylic acids is 1. The van der Waals surface area contributed by atoms with Crippen LogP contribution in [0.2, 0.25) is 0 Å². The number of rotatable bonds is 4. The molecular formula is C11H11F3N2O3. The lowest BCUT2D eigenvalue weighted by atomic mass is 10.1. The predicted octanol–water partition coefficient (Wildman–Crippen LogP) is 1.88. The number of nitrogens with one attached hydrogen (secondary N) is 1. The molecule has 3 N–H and O–H groups in total. The van der Waals surface area contributed by atoms with Crippen molar-refractivity contribution in [2.75, 3.05) is 5.32 Å². The molecule has 0 heterocycles. The molecule has 1 rings (SSSR count). The molecule has 0 spiro atoms. The minimum absolute atomic E-state index is 0.0363. The second-order valence-electron chi connectivity index (χ2n) is 3.66. The van der Waals surface area contributed by atoms with Crippen LogP contribution in [0, 0.1) is 0 Å². The fourth-order valence-electron chi connectivity index (χ4n) is 1.37. The number of halogens is 3. The quantitative estimate of drug-likeness (QED) is 0.446. The van der Waals surface area contributed by atoms with Gasteiger partial charge in [0, 0.05) is 11.3 Å². The lowest BCUT2D eigenvalue weighted by Crippen LogP contribution is -2.21. The third-order valence-electron chi connectivity index (χ3n) is 2.15. The summed E-state index contributed by atoms with van der Waals surface area (Å²) in [6, 6.07) is 4.17. The molecule has 0 aliphatic heterocycles. The first-order valence-corrected chi connectivity index (χ1v) is 5.13. The normalized spacial score (nSPS) is 11.8. The van der Waals surface area contributed by atoms with Crippen LogP contribution in [0.3, 0.4) is 0 Å². The molecule has 0 saturated carbocycles. The van der Waals surface area contributed by atoms with Gasteiger partial charge in [-0.1, -0.05) is 17.3 Å². The molecule has 0 radical (unpaired) electrons. The zero-order chi connectivity index (χ0) is 14.5. The molecule has 0 bridgehead atoms. The van der Waals surface area contributed by atoms with Gasteiger partial charge in [-0.05, 0) is 11.6 Å². The SMILES string of the molecule is O=C(CC(F)(F)F)Nc1cc(/C=N/O)ccc1CO. The van der Waals surface area contributed by atoms with Gasteiger partial charge in [-0.25, -0.2) is 0 Å². The Balaban J connectivity index is 2.91. The van der Waals surface area contributed by atoms with E-state index in [-0.39, 0.29) is 11.3 Å². The highest BCUT2D eigenvalue weighted by Crippen LogP contribution is 2.22. The number of alkyl halides is 3. The van der Waals surface area contributed by atoms with Gasteiger partial charge in [0.05, 0.1) is 12.8 Å². The van der Waals surface area contributed by atoms with Gasteiger partial charge in [0.15, 0.2) is 0 Å². The van der Waals surface area contributed by atoms with Gasteiger partial charge in [0.2, 0.25) is 5.91 Å². The first-order valence-electron chi connectivity index (χ1n) is 5.13. The number of nitrogens with zero attached hydrogens (tertiary/aromatic N) is 1. The Labute approximate surface area is 106 Å². The highest BCUT2D eigenvalue weighted by atomic mass is 19.4. The van der Waals surface area contributed by atoms with E-state index >= 15 is 0 Å². The van der Waals surface area contributed by atoms with Crippen molar-refractivity contribution in [3.05, 3.63) is 29.3 Å². The molecule has 0 aromatic heterocycles. The largest absolute Gasteiger partial charge is 0.411 e. The maximum atomic E-state index is 12.0. The Bertz CT molecular complexity index is 487. The smallest absolute Gasteiger partial charge is 0.397 e. The van der Waals surface area contributed by atoms with E-state index in [1.165, 1.54) is 18.2 Å². The maximum Gasteiger partial charge on any atom is 0.397 e. The molecule has 104 valence electrons. The fourth-order valence-corrected chi connectivity index (χ4v) is 1.37. The molecule has 1 aromatic carbocycles. The topological polar surface area (TPSA) is 81.9 Å². The van der Waals surface area contributed by atoms with Crippen LogP contribution in [-0.2, 0) is 11.4 Å². The van der Waals surface area contributed by atoms with Crippen molar-refractivity contribution in [3.63, 3.8) is 0 Å². The first-order chi connectivity index (χ1) is 8.85. The van der Waals surface area contributed by atoms with Crippen molar-refractivity contribution in [2.24, 2.45) is 5.16 Å². The van der Waals surface area contributed by atoms with Crippen molar-refractivity contribution in [3.8, 4) is 0 Å². The second-order valence-corrected chi connectivity index (χ2v) is 3.66. The van der Waals surface area contributed by atoms with Crippen LogP contribution < -0.4 is 5.32 Å². The number of oxime groups is 1. The number of hydrogen-bond acceptors (Lipinski definition) is 4. The molecule has 0 fully saturated rings.